The number of ether oxygens (including phenoxy) is 2. The maximum atomic E-state index is 14.3. The van der Waals surface area contributed by atoms with Crippen molar-refractivity contribution in [2.75, 3.05) is 7.05 Å². The summed E-state index contributed by atoms with van der Waals surface area (Å²) >= 11 is 0. The number of carbonyl (C=O) groups is 1. The van der Waals surface area contributed by atoms with E-state index in [2.05, 4.69) is 15.2 Å². The van der Waals surface area contributed by atoms with Crippen molar-refractivity contribution in [3.63, 3.8) is 0 Å². The summed E-state index contributed by atoms with van der Waals surface area (Å²) in [5, 5.41) is 8.20. The highest BCUT2D eigenvalue weighted by molar-refractivity contribution is 5.68. The molecule has 9 nitrogen and oxygen atoms in total. The second-order valence-corrected chi connectivity index (χ2v) is 8.58. The van der Waals surface area contributed by atoms with Crippen LogP contribution in [0.1, 0.15) is 33.6 Å². The van der Waals surface area contributed by atoms with Crippen molar-refractivity contribution in [3.05, 3.63) is 30.6 Å². The van der Waals surface area contributed by atoms with Gasteiger partial charge in [0.1, 0.15) is 11.7 Å². The molecule has 0 atom stereocenters. The number of amides is 1. The highest BCUT2D eigenvalue weighted by Crippen LogP contribution is 2.33. The topological polar surface area (TPSA) is 86.8 Å². The summed E-state index contributed by atoms with van der Waals surface area (Å²) in [6, 6.07) is -0.00265. The summed E-state index contributed by atoms with van der Waals surface area (Å²) in [6.07, 6.45) is 6.92. The van der Waals surface area contributed by atoms with Crippen LogP contribution in [0.25, 0.3) is 16.8 Å². The van der Waals surface area contributed by atoms with Gasteiger partial charge in [-0.2, -0.15) is 10.2 Å². The van der Waals surface area contributed by atoms with Gasteiger partial charge in [-0.25, -0.2) is 18.7 Å². The van der Waals surface area contributed by atoms with E-state index in [1.807, 2.05) is 34.0 Å². The minimum Gasteiger partial charge on any atom is -0.473 e. The molecule has 0 aromatic carbocycles. The highest BCUT2D eigenvalue weighted by Gasteiger charge is 2.38. The summed E-state index contributed by atoms with van der Waals surface area (Å²) in [5.41, 5.74) is 0.991. The van der Waals surface area contributed by atoms with E-state index in [4.69, 9.17) is 9.47 Å². The van der Waals surface area contributed by atoms with Crippen LogP contribution in [-0.2, 0) is 11.8 Å². The van der Waals surface area contributed by atoms with E-state index in [-0.39, 0.29) is 29.6 Å². The molecule has 0 saturated heterocycles. The summed E-state index contributed by atoms with van der Waals surface area (Å²) < 4.78 is 28.8. The van der Waals surface area contributed by atoms with Crippen LogP contribution in [0.15, 0.2) is 24.8 Å². The molecule has 1 aliphatic carbocycles. The molecule has 3 aromatic heterocycles. The number of nitrogens with zero attached hydrogens (tertiary/aromatic N) is 6. The SMILES string of the molecule is Cn1cc(-c2cn3ncc(F)c3c(O[C@H]3C[C@@H](N(C)C(=O)OC(C)(C)C)C3)n2)cn1. The van der Waals surface area contributed by atoms with Crippen LogP contribution in [0.5, 0.6) is 5.88 Å². The molecule has 1 fully saturated rings. The molecule has 0 bridgehead atoms. The first kappa shape index (κ1) is 20.1. The number of halogens is 1. The van der Waals surface area contributed by atoms with Gasteiger partial charge in [0.2, 0.25) is 5.88 Å². The first-order valence-corrected chi connectivity index (χ1v) is 9.76. The molecule has 30 heavy (non-hydrogen) atoms. The van der Waals surface area contributed by atoms with Gasteiger partial charge in [-0.15, -0.1) is 0 Å². The number of aromatic nitrogens is 5. The van der Waals surface area contributed by atoms with Gasteiger partial charge >= 0.3 is 6.09 Å². The van der Waals surface area contributed by atoms with Gasteiger partial charge in [0, 0.05) is 44.7 Å². The Labute approximate surface area is 173 Å². The molecule has 1 aliphatic rings. The van der Waals surface area contributed by atoms with Crippen LogP contribution in [-0.4, -0.2) is 60.2 Å². The number of hydrogen-bond acceptors (Lipinski definition) is 6. The van der Waals surface area contributed by atoms with Crippen LogP contribution < -0.4 is 4.74 Å². The molecular formula is C20H25FN6O3. The smallest absolute Gasteiger partial charge is 0.410 e. The average Bonchev–Trinajstić information content (AvgIpc) is 3.21. The second kappa shape index (κ2) is 7.26. The zero-order valence-corrected chi connectivity index (χ0v) is 17.7. The molecule has 160 valence electrons. The average molecular weight is 416 g/mol. The van der Waals surface area contributed by atoms with Crippen molar-refractivity contribution in [2.45, 2.75) is 51.4 Å². The van der Waals surface area contributed by atoms with E-state index < -0.39 is 11.4 Å². The molecule has 0 unspecified atom stereocenters. The maximum absolute atomic E-state index is 14.3. The Morgan fingerprint density at radius 2 is 1.97 bits per heavy atom. The van der Waals surface area contributed by atoms with E-state index in [9.17, 15) is 9.18 Å². The van der Waals surface area contributed by atoms with Gasteiger partial charge in [0.25, 0.3) is 0 Å². The fourth-order valence-corrected chi connectivity index (χ4v) is 3.31. The molecule has 10 heteroatoms. The van der Waals surface area contributed by atoms with Crippen LogP contribution in [0.3, 0.4) is 0 Å². The van der Waals surface area contributed by atoms with Crippen molar-refractivity contribution >= 4 is 11.6 Å². The van der Waals surface area contributed by atoms with E-state index in [0.29, 0.717) is 18.5 Å². The number of carbonyl (C=O) groups excluding carboxylic acids is 1. The van der Waals surface area contributed by atoms with E-state index in [1.54, 1.807) is 29.0 Å². The van der Waals surface area contributed by atoms with Crippen LogP contribution >= 0.6 is 0 Å². The third-order valence-electron chi connectivity index (χ3n) is 5.00. The largest absolute Gasteiger partial charge is 0.473 e. The summed E-state index contributed by atoms with van der Waals surface area (Å²) in [7, 11) is 3.52. The minimum atomic E-state index is -0.549. The van der Waals surface area contributed by atoms with Crippen molar-refractivity contribution in [2.24, 2.45) is 7.05 Å². The normalized spacial score (nSPS) is 18.9. The van der Waals surface area contributed by atoms with Crippen molar-refractivity contribution in [1.29, 1.82) is 0 Å². The van der Waals surface area contributed by atoms with Crippen LogP contribution in [0.4, 0.5) is 9.18 Å². The van der Waals surface area contributed by atoms with Gasteiger partial charge in [-0.1, -0.05) is 0 Å². The lowest BCUT2D eigenvalue weighted by molar-refractivity contribution is -0.00939. The minimum absolute atomic E-state index is 0.00265. The van der Waals surface area contributed by atoms with Gasteiger partial charge in [-0.05, 0) is 20.8 Å². The number of aryl methyl sites for hydroxylation is 1. The van der Waals surface area contributed by atoms with Crippen molar-refractivity contribution < 1.29 is 18.7 Å². The lowest BCUT2D eigenvalue weighted by atomic mass is 9.88. The molecule has 0 spiro atoms. The molecular weight excluding hydrogens is 391 g/mol. The Balaban J connectivity index is 1.50. The number of rotatable bonds is 4. The molecule has 0 radical (unpaired) electrons. The Bertz CT molecular complexity index is 1080. The Kier molecular flexibility index (Phi) is 4.87. The number of hydrogen-bond donors (Lipinski definition) is 0. The highest BCUT2D eigenvalue weighted by atomic mass is 19.1. The Morgan fingerprint density at radius 1 is 1.23 bits per heavy atom. The van der Waals surface area contributed by atoms with E-state index in [0.717, 1.165) is 11.8 Å². The molecule has 0 N–H and O–H groups in total. The maximum Gasteiger partial charge on any atom is 0.410 e. The van der Waals surface area contributed by atoms with Crippen LogP contribution in [0.2, 0.25) is 0 Å². The Morgan fingerprint density at radius 3 is 2.60 bits per heavy atom. The van der Waals surface area contributed by atoms with Gasteiger partial charge < -0.3 is 14.4 Å². The molecule has 1 saturated carbocycles. The van der Waals surface area contributed by atoms with E-state index >= 15 is 0 Å². The Hall–Kier alpha value is -3.17. The standard InChI is InChI=1S/C20H25FN6O3/c1-20(2,3)30-19(28)26(5)13-6-14(7-13)29-18-17-15(21)9-23-27(17)11-16(24-18)12-8-22-25(4)10-12/h8-11,13-14H,6-7H2,1-5H3/t13-,14+. The number of fused-ring (bicyclic) bond motifs is 1. The lowest BCUT2D eigenvalue weighted by Crippen LogP contribution is -2.51. The van der Waals surface area contributed by atoms with E-state index in [1.165, 1.54) is 4.52 Å². The predicted octanol–water partition coefficient (Wildman–Crippen LogP) is 3.05. The van der Waals surface area contributed by atoms with Gasteiger partial charge in [0.15, 0.2) is 11.3 Å². The molecule has 0 aliphatic heterocycles. The summed E-state index contributed by atoms with van der Waals surface area (Å²) in [5.74, 6) is -0.327. The van der Waals surface area contributed by atoms with Crippen molar-refractivity contribution in [3.8, 4) is 17.1 Å². The predicted molar refractivity (Wildman–Crippen MR) is 107 cm³/mol. The third-order valence-corrected chi connectivity index (χ3v) is 5.00. The quantitative estimate of drug-likeness (QED) is 0.650. The summed E-state index contributed by atoms with van der Waals surface area (Å²) in [4.78, 5) is 18.3. The lowest BCUT2D eigenvalue weighted by Gasteiger charge is -2.40. The molecule has 3 aromatic rings. The zero-order valence-electron chi connectivity index (χ0n) is 17.7. The van der Waals surface area contributed by atoms with Crippen LogP contribution in [0, 0.1) is 5.82 Å². The fraction of sp³-hybridized carbons (Fsp3) is 0.500. The van der Waals surface area contributed by atoms with Gasteiger partial charge in [-0.3, -0.25) is 4.68 Å². The molecule has 3 heterocycles. The first-order valence-electron chi connectivity index (χ1n) is 9.76. The first-order chi connectivity index (χ1) is 14.1. The second-order valence-electron chi connectivity index (χ2n) is 8.58. The third kappa shape index (κ3) is 3.94. The monoisotopic (exact) mass is 416 g/mol. The fourth-order valence-electron chi connectivity index (χ4n) is 3.31. The summed E-state index contributed by atoms with van der Waals surface area (Å²) in [6.45, 7) is 5.49. The molecule has 4 rings (SSSR count). The molecule has 1 amide bonds. The zero-order chi connectivity index (χ0) is 21.6. The van der Waals surface area contributed by atoms with Gasteiger partial charge in [0.05, 0.1) is 24.3 Å². The van der Waals surface area contributed by atoms with Crippen molar-refractivity contribution in [1.82, 2.24) is 29.3 Å².